The zero-order valence-electron chi connectivity index (χ0n) is 15.9. The lowest BCUT2D eigenvalue weighted by molar-refractivity contribution is -0.132. The van der Waals surface area contributed by atoms with E-state index >= 15 is 0 Å². The number of amides is 1. The normalized spacial score (nSPS) is 11.6. The first-order chi connectivity index (χ1) is 13.5. The standard InChI is InChI=1S/C15H16FN5.C3H4F3NO/c1-15(2,3)21-14-11(16)8-19-13(20-14)10-7-18-12-9(10)5-4-6-17-12;4-3(5,6)1-7-2-8/h4-8H,1-3H3,(H,17,18)(H,19,20,21);2H,1H2,(H,7,8). The van der Waals surface area contributed by atoms with Gasteiger partial charge in [-0.25, -0.2) is 19.3 Å². The highest BCUT2D eigenvalue weighted by atomic mass is 19.4. The molecule has 3 aromatic heterocycles. The summed E-state index contributed by atoms with van der Waals surface area (Å²) in [5.41, 5.74) is 1.27. The molecule has 0 aliphatic carbocycles. The number of hydrogen-bond donors (Lipinski definition) is 3. The predicted molar refractivity (Wildman–Crippen MR) is 101 cm³/mol. The summed E-state index contributed by atoms with van der Waals surface area (Å²) in [6.45, 7) is 4.59. The molecule has 0 saturated carbocycles. The Balaban J connectivity index is 0.000000321. The van der Waals surface area contributed by atoms with Crippen molar-refractivity contribution >= 4 is 23.3 Å². The zero-order valence-corrected chi connectivity index (χ0v) is 15.9. The molecule has 156 valence electrons. The third kappa shape index (κ3) is 6.70. The molecule has 3 heterocycles. The number of aromatic amines is 1. The van der Waals surface area contributed by atoms with E-state index in [2.05, 4.69) is 25.3 Å². The highest BCUT2D eigenvalue weighted by Crippen LogP contribution is 2.26. The molecular weight excluding hydrogens is 392 g/mol. The van der Waals surface area contributed by atoms with E-state index in [-0.39, 0.29) is 17.8 Å². The summed E-state index contributed by atoms with van der Waals surface area (Å²) in [6.07, 6.45) is 0.395. The van der Waals surface area contributed by atoms with Crippen LogP contribution in [0.1, 0.15) is 20.8 Å². The molecule has 3 aromatic rings. The van der Waals surface area contributed by atoms with Crippen LogP contribution in [0.5, 0.6) is 0 Å². The monoisotopic (exact) mass is 412 g/mol. The smallest absolute Gasteiger partial charge is 0.363 e. The van der Waals surface area contributed by atoms with Crippen molar-refractivity contribution < 1.29 is 22.4 Å². The fourth-order valence-corrected chi connectivity index (χ4v) is 2.24. The summed E-state index contributed by atoms with van der Waals surface area (Å²) < 4.78 is 46.9. The summed E-state index contributed by atoms with van der Waals surface area (Å²) in [6, 6.07) is 3.77. The molecule has 3 N–H and O–H groups in total. The molecular formula is C18H20F4N6O. The lowest BCUT2D eigenvalue weighted by Crippen LogP contribution is -2.27. The molecule has 7 nitrogen and oxygen atoms in total. The molecule has 1 amide bonds. The highest BCUT2D eigenvalue weighted by Gasteiger charge is 2.25. The average Bonchev–Trinajstić information content (AvgIpc) is 3.05. The third-order valence-electron chi connectivity index (χ3n) is 3.32. The second kappa shape index (κ2) is 8.84. The van der Waals surface area contributed by atoms with Crippen molar-refractivity contribution in [2.75, 3.05) is 11.9 Å². The van der Waals surface area contributed by atoms with Crippen LogP contribution in [0.15, 0.2) is 30.7 Å². The van der Waals surface area contributed by atoms with E-state index in [1.807, 2.05) is 32.9 Å². The first-order valence-electron chi connectivity index (χ1n) is 8.47. The maximum atomic E-state index is 13.8. The fourth-order valence-electron chi connectivity index (χ4n) is 2.24. The molecule has 0 atom stereocenters. The van der Waals surface area contributed by atoms with Gasteiger partial charge in [0.05, 0.1) is 6.20 Å². The van der Waals surface area contributed by atoms with Crippen LogP contribution in [0.2, 0.25) is 0 Å². The van der Waals surface area contributed by atoms with Gasteiger partial charge in [0.25, 0.3) is 0 Å². The van der Waals surface area contributed by atoms with Gasteiger partial charge in [0.15, 0.2) is 17.5 Å². The molecule has 0 fully saturated rings. The van der Waals surface area contributed by atoms with E-state index in [0.717, 1.165) is 16.6 Å². The zero-order chi connectivity index (χ0) is 21.7. The van der Waals surface area contributed by atoms with Crippen LogP contribution in [-0.4, -0.2) is 44.6 Å². The number of anilines is 1. The number of nitrogens with one attached hydrogen (secondary N) is 3. The Labute approximate surface area is 164 Å². The van der Waals surface area contributed by atoms with Crippen molar-refractivity contribution in [3.05, 3.63) is 36.5 Å². The van der Waals surface area contributed by atoms with Gasteiger partial charge >= 0.3 is 6.18 Å². The molecule has 0 aliphatic rings. The van der Waals surface area contributed by atoms with Crippen LogP contribution in [0.25, 0.3) is 22.4 Å². The number of pyridine rings is 1. The minimum absolute atomic E-state index is 0.00743. The van der Waals surface area contributed by atoms with Crippen molar-refractivity contribution in [3.8, 4) is 11.4 Å². The van der Waals surface area contributed by atoms with Gasteiger partial charge in [-0.15, -0.1) is 0 Å². The SMILES string of the molecule is CC(C)(C)Nc1nc(-c2c[nH]c3ncccc23)ncc1F.O=CNCC(F)(F)F. The number of carbonyl (C=O) groups is 1. The average molecular weight is 412 g/mol. The second-order valence-electron chi connectivity index (χ2n) is 6.98. The van der Waals surface area contributed by atoms with Crippen molar-refractivity contribution in [2.45, 2.75) is 32.5 Å². The minimum Gasteiger partial charge on any atom is -0.363 e. The quantitative estimate of drug-likeness (QED) is 0.449. The van der Waals surface area contributed by atoms with Gasteiger partial charge in [0.1, 0.15) is 12.2 Å². The Hall–Kier alpha value is -3.24. The van der Waals surface area contributed by atoms with Crippen LogP contribution in [-0.2, 0) is 4.79 Å². The Kier molecular flexibility index (Phi) is 6.72. The van der Waals surface area contributed by atoms with Crippen LogP contribution < -0.4 is 10.6 Å². The number of halogens is 4. The number of hydrogen-bond acceptors (Lipinski definition) is 5. The second-order valence-corrected chi connectivity index (χ2v) is 6.98. The van der Waals surface area contributed by atoms with Gasteiger partial charge in [0.2, 0.25) is 6.41 Å². The largest absolute Gasteiger partial charge is 0.405 e. The van der Waals surface area contributed by atoms with E-state index in [1.54, 1.807) is 12.4 Å². The van der Waals surface area contributed by atoms with Crippen molar-refractivity contribution in [1.82, 2.24) is 25.3 Å². The number of fused-ring (bicyclic) bond motifs is 1. The molecule has 29 heavy (non-hydrogen) atoms. The number of alkyl halides is 3. The van der Waals surface area contributed by atoms with E-state index < -0.39 is 18.5 Å². The van der Waals surface area contributed by atoms with Gasteiger partial charge in [0, 0.05) is 28.9 Å². The van der Waals surface area contributed by atoms with Gasteiger partial charge in [-0.2, -0.15) is 13.2 Å². The summed E-state index contributed by atoms with van der Waals surface area (Å²) in [7, 11) is 0. The maximum absolute atomic E-state index is 13.8. The van der Waals surface area contributed by atoms with E-state index in [0.29, 0.717) is 5.82 Å². The Morgan fingerprint density at radius 3 is 2.52 bits per heavy atom. The van der Waals surface area contributed by atoms with E-state index in [9.17, 15) is 22.4 Å². The van der Waals surface area contributed by atoms with Gasteiger partial charge in [-0.1, -0.05) is 0 Å². The first-order valence-corrected chi connectivity index (χ1v) is 8.47. The lowest BCUT2D eigenvalue weighted by atomic mass is 10.1. The number of H-pyrrole nitrogens is 1. The number of nitrogens with zero attached hydrogens (tertiary/aromatic N) is 3. The molecule has 0 radical (unpaired) electrons. The van der Waals surface area contributed by atoms with E-state index in [4.69, 9.17) is 0 Å². The molecule has 0 aliphatic heterocycles. The number of carbonyl (C=O) groups excluding carboxylic acids is 1. The van der Waals surface area contributed by atoms with E-state index in [1.165, 1.54) is 11.5 Å². The Bertz CT molecular complexity index is 965. The number of rotatable bonds is 4. The third-order valence-corrected chi connectivity index (χ3v) is 3.32. The van der Waals surface area contributed by atoms with Gasteiger partial charge < -0.3 is 15.6 Å². The summed E-state index contributed by atoms with van der Waals surface area (Å²) in [4.78, 5) is 24.9. The molecule has 0 bridgehead atoms. The molecule has 0 saturated heterocycles. The minimum atomic E-state index is -4.29. The Morgan fingerprint density at radius 1 is 1.21 bits per heavy atom. The summed E-state index contributed by atoms with van der Waals surface area (Å²) in [5, 5.41) is 5.44. The maximum Gasteiger partial charge on any atom is 0.405 e. The van der Waals surface area contributed by atoms with Crippen LogP contribution in [0.4, 0.5) is 23.4 Å². The Morgan fingerprint density at radius 2 is 1.93 bits per heavy atom. The van der Waals surface area contributed by atoms with Crippen molar-refractivity contribution in [2.24, 2.45) is 0 Å². The van der Waals surface area contributed by atoms with Crippen molar-refractivity contribution in [3.63, 3.8) is 0 Å². The predicted octanol–water partition coefficient (Wildman–Crippen LogP) is 3.66. The lowest BCUT2D eigenvalue weighted by Gasteiger charge is -2.21. The molecule has 11 heteroatoms. The van der Waals surface area contributed by atoms with Crippen LogP contribution in [0.3, 0.4) is 0 Å². The van der Waals surface area contributed by atoms with Gasteiger partial charge in [-0.05, 0) is 32.9 Å². The number of aromatic nitrogens is 4. The van der Waals surface area contributed by atoms with Gasteiger partial charge in [-0.3, -0.25) is 4.79 Å². The fraction of sp³-hybridized carbons (Fsp3) is 0.333. The molecule has 3 rings (SSSR count). The molecule has 0 spiro atoms. The summed E-state index contributed by atoms with van der Waals surface area (Å²) >= 11 is 0. The van der Waals surface area contributed by atoms with Crippen LogP contribution in [0, 0.1) is 5.82 Å². The van der Waals surface area contributed by atoms with Crippen molar-refractivity contribution in [1.29, 1.82) is 0 Å². The summed E-state index contributed by atoms with van der Waals surface area (Å²) in [5.74, 6) is 0.194. The molecule has 0 aromatic carbocycles. The van der Waals surface area contributed by atoms with Crippen LogP contribution >= 0.6 is 0 Å². The first kappa shape index (κ1) is 22.1. The topological polar surface area (TPSA) is 95.6 Å². The highest BCUT2D eigenvalue weighted by molar-refractivity contribution is 5.91. The molecule has 0 unspecified atom stereocenters.